The van der Waals surface area contributed by atoms with E-state index in [1.165, 1.54) is 12.1 Å². The van der Waals surface area contributed by atoms with Gasteiger partial charge in [-0.15, -0.1) is 0 Å². The molecule has 2 heterocycles. The van der Waals surface area contributed by atoms with Crippen molar-refractivity contribution in [3.63, 3.8) is 0 Å². The predicted molar refractivity (Wildman–Crippen MR) is 98.4 cm³/mol. The fourth-order valence-electron chi connectivity index (χ4n) is 2.96. The number of anilines is 1. The summed E-state index contributed by atoms with van der Waals surface area (Å²) in [6, 6.07) is 11.0. The van der Waals surface area contributed by atoms with Crippen LogP contribution in [0.15, 0.2) is 46.9 Å². The highest BCUT2D eigenvalue weighted by molar-refractivity contribution is 6.13. The Labute approximate surface area is 166 Å². The van der Waals surface area contributed by atoms with Gasteiger partial charge in [0.05, 0.1) is 11.1 Å². The molecule has 0 atom stereocenters. The van der Waals surface area contributed by atoms with Crippen molar-refractivity contribution < 1.29 is 31.2 Å². The molecule has 0 aliphatic heterocycles. The first-order valence-corrected chi connectivity index (χ1v) is 8.57. The fourth-order valence-corrected chi connectivity index (χ4v) is 2.96. The second kappa shape index (κ2) is 7.25. The number of halogens is 5. The molecule has 4 rings (SSSR count). The van der Waals surface area contributed by atoms with Crippen molar-refractivity contribution in [3.8, 4) is 11.5 Å². The molecule has 0 aliphatic carbocycles. The lowest BCUT2D eigenvalue weighted by Gasteiger charge is -2.12. The smallest absolute Gasteiger partial charge is 0.256 e. The van der Waals surface area contributed by atoms with Crippen molar-refractivity contribution in [2.45, 2.75) is 6.92 Å². The summed E-state index contributed by atoms with van der Waals surface area (Å²) in [5, 5.41) is 2.10. The van der Waals surface area contributed by atoms with E-state index in [0.717, 1.165) is 0 Å². The van der Waals surface area contributed by atoms with Crippen LogP contribution in [0.1, 0.15) is 16.1 Å². The normalized spacial score (nSPS) is 11.1. The maximum Gasteiger partial charge on any atom is 0.256 e. The number of nitrogens with one attached hydrogen (secondary N) is 1. The number of fused-ring (bicyclic) bond motifs is 1. The number of furan rings is 1. The van der Waals surface area contributed by atoms with Crippen molar-refractivity contribution >= 4 is 22.5 Å². The molecule has 0 radical (unpaired) electrons. The van der Waals surface area contributed by atoms with E-state index >= 15 is 0 Å². The predicted octanol–water partition coefficient (Wildman–Crippen LogP) is 5.75. The van der Waals surface area contributed by atoms with Crippen LogP contribution >= 0.6 is 0 Å². The number of nitrogens with zero attached hydrogens (tertiary/aromatic N) is 1. The van der Waals surface area contributed by atoms with Crippen LogP contribution in [0.3, 0.4) is 0 Å². The number of aryl methyl sites for hydroxylation is 1. The number of para-hydroxylation sites is 1. The van der Waals surface area contributed by atoms with Crippen LogP contribution in [0.25, 0.3) is 22.4 Å². The van der Waals surface area contributed by atoms with Crippen molar-refractivity contribution in [2.75, 3.05) is 5.32 Å². The highest BCUT2D eigenvalue weighted by atomic mass is 19.2. The molecular weight excluding hydrogens is 407 g/mol. The van der Waals surface area contributed by atoms with Crippen LogP contribution in [0.2, 0.25) is 0 Å². The Bertz CT molecular complexity index is 1290. The molecule has 9 heteroatoms. The summed E-state index contributed by atoms with van der Waals surface area (Å²) in [7, 11) is 0. The number of benzene rings is 2. The Kier molecular flexibility index (Phi) is 4.73. The van der Waals surface area contributed by atoms with E-state index in [1.54, 1.807) is 42.6 Å². The second-order valence-electron chi connectivity index (χ2n) is 6.38. The lowest BCUT2D eigenvalue weighted by molar-refractivity contribution is 0.102. The Morgan fingerprint density at radius 2 is 1.53 bits per heavy atom. The second-order valence-corrected chi connectivity index (χ2v) is 6.38. The Balaban J connectivity index is 1.85. The van der Waals surface area contributed by atoms with Gasteiger partial charge in [-0.2, -0.15) is 0 Å². The first-order valence-electron chi connectivity index (χ1n) is 8.57. The highest BCUT2D eigenvalue weighted by Gasteiger charge is 2.27. The summed E-state index contributed by atoms with van der Waals surface area (Å²) in [6.45, 7) is 1.71. The van der Waals surface area contributed by atoms with E-state index in [4.69, 9.17) is 4.42 Å². The molecule has 2 aromatic heterocycles. The fraction of sp³-hybridized carbons (Fsp3) is 0.0476. The molecule has 152 valence electrons. The maximum atomic E-state index is 14.0. The van der Waals surface area contributed by atoms with E-state index in [1.807, 2.05) is 0 Å². The van der Waals surface area contributed by atoms with E-state index < -0.39 is 40.7 Å². The first-order chi connectivity index (χ1) is 14.3. The number of pyridine rings is 1. The van der Waals surface area contributed by atoms with Gasteiger partial charge in [0.2, 0.25) is 5.82 Å². The number of hydrogen-bond acceptors (Lipinski definition) is 3. The molecule has 1 amide bonds. The zero-order chi connectivity index (χ0) is 21.6. The maximum absolute atomic E-state index is 14.0. The quantitative estimate of drug-likeness (QED) is 0.262. The van der Waals surface area contributed by atoms with Crippen molar-refractivity contribution in [1.82, 2.24) is 4.98 Å². The lowest BCUT2D eigenvalue weighted by atomic mass is 10.1. The molecule has 2 aromatic carbocycles. The van der Waals surface area contributed by atoms with Crippen molar-refractivity contribution in [2.24, 2.45) is 0 Å². The standard InChI is InChI=1S/C21H11F5N2O2/c1-9-6-7-14(30-9)13-8-11(10-4-2-3-5-12(10)27-13)21(29)28-20-18(25)16(23)15(22)17(24)19(20)26/h2-8H,1H3,(H,28,29). The largest absolute Gasteiger partial charge is 0.460 e. The van der Waals surface area contributed by atoms with Crippen molar-refractivity contribution in [1.29, 1.82) is 0 Å². The number of carbonyl (C=O) groups excluding carboxylic acids is 1. The molecule has 4 nitrogen and oxygen atoms in total. The monoisotopic (exact) mass is 418 g/mol. The van der Waals surface area contributed by atoms with E-state index in [9.17, 15) is 26.7 Å². The zero-order valence-corrected chi connectivity index (χ0v) is 15.2. The van der Waals surface area contributed by atoms with Crippen molar-refractivity contribution in [3.05, 3.63) is 82.9 Å². The minimum Gasteiger partial charge on any atom is -0.460 e. The topological polar surface area (TPSA) is 55.1 Å². The van der Waals surface area contributed by atoms with Gasteiger partial charge in [-0.1, -0.05) is 18.2 Å². The summed E-state index contributed by atoms with van der Waals surface area (Å²) < 4.78 is 73.6. The molecule has 1 N–H and O–H groups in total. The van der Waals surface area contributed by atoms with Gasteiger partial charge in [0.25, 0.3) is 5.91 Å². The van der Waals surface area contributed by atoms with E-state index in [2.05, 4.69) is 4.98 Å². The molecule has 0 bridgehead atoms. The third kappa shape index (κ3) is 3.18. The van der Waals surface area contributed by atoms with Crippen LogP contribution in [0, 0.1) is 36.0 Å². The first kappa shape index (κ1) is 19.6. The lowest BCUT2D eigenvalue weighted by Crippen LogP contribution is -2.17. The Morgan fingerprint density at radius 1 is 0.900 bits per heavy atom. The molecule has 0 fully saturated rings. The third-order valence-electron chi connectivity index (χ3n) is 4.40. The number of amides is 1. The highest BCUT2D eigenvalue weighted by Crippen LogP contribution is 2.30. The van der Waals surface area contributed by atoms with Crippen LogP contribution in [-0.4, -0.2) is 10.9 Å². The minimum absolute atomic E-state index is 0.0893. The summed E-state index contributed by atoms with van der Waals surface area (Å²) in [5.41, 5.74) is -0.905. The molecule has 0 unspecified atom stereocenters. The van der Waals surface area contributed by atoms with Gasteiger partial charge >= 0.3 is 0 Å². The van der Waals surface area contributed by atoms with E-state index in [-0.39, 0.29) is 11.3 Å². The molecular formula is C21H11F5N2O2. The number of rotatable bonds is 3. The van der Waals surface area contributed by atoms with Crippen LogP contribution in [0.4, 0.5) is 27.6 Å². The van der Waals surface area contributed by atoms with E-state index in [0.29, 0.717) is 22.4 Å². The van der Waals surface area contributed by atoms with Gasteiger partial charge in [0.1, 0.15) is 17.1 Å². The number of hydrogen-bond donors (Lipinski definition) is 1. The summed E-state index contributed by atoms with van der Waals surface area (Å²) in [4.78, 5) is 17.2. The van der Waals surface area contributed by atoms with Gasteiger partial charge in [0, 0.05) is 5.39 Å². The zero-order valence-electron chi connectivity index (χ0n) is 15.2. The summed E-state index contributed by atoms with van der Waals surface area (Å²) >= 11 is 0. The van der Waals surface area contributed by atoms with Crippen LogP contribution < -0.4 is 5.32 Å². The number of aromatic nitrogens is 1. The van der Waals surface area contributed by atoms with Crippen LogP contribution in [-0.2, 0) is 0 Å². The average Bonchev–Trinajstić information content (AvgIpc) is 3.19. The average molecular weight is 418 g/mol. The van der Waals surface area contributed by atoms with Gasteiger partial charge in [-0.25, -0.2) is 26.9 Å². The minimum atomic E-state index is -2.31. The summed E-state index contributed by atoms with van der Waals surface area (Å²) in [5.74, 6) is -11.1. The third-order valence-corrected chi connectivity index (χ3v) is 4.40. The summed E-state index contributed by atoms with van der Waals surface area (Å²) in [6.07, 6.45) is 0. The molecule has 0 saturated carbocycles. The molecule has 0 saturated heterocycles. The molecule has 4 aromatic rings. The van der Waals surface area contributed by atoms with Gasteiger partial charge in [-0.05, 0) is 31.2 Å². The van der Waals surface area contributed by atoms with Gasteiger partial charge < -0.3 is 9.73 Å². The Hall–Kier alpha value is -3.75. The number of carbonyl (C=O) groups is 1. The molecule has 0 spiro atoms. The Morgan fingerprint density at radius 3 is 2.17 bits per heavy atom. The van der Waals surface area contributed by atoms with Crippen LogP contribution in [0.5, 0.6) is 0 Å². The molecule has 0 aliphatic rings. The SMILES string of the molecule is Cc1ccc(-c2cc(C(=O)Nc3c(F)c(F)c(F)c(F)c3F)c3ccccc3n2)o1. The van der Waals surface area contributed by atoms with Gasteiger partial charge in [-0.3, -0.25) is 4.79 Å². The van der Waals surface area contributed by atoms with Gasteiger partial charge in [0.15, 0.2) is 29.0 Å². The molecule has 30 heavy (non-hydrogen) atoms.